The standard InChI is InChI=1S/C14H19FN2O/c1-9(11-7-16-8-11)14(18)17-10(2)12-5-3-4-6-13(12)15/h3-6,9-11,16H,7-8H2,1-2H3,(H,17,18)/t9?,10-/m1/s1. The SMILES string of the molecule is CC(C(=O)N[C@H](C)c1ccccc1F)C1CNC1. The molecule has 1 aliphatic rings. The van der Waals surface area contributed by atoms with Crippen molar-refractivity contribution in [2.24, 2.45) is 11.8 Å². The van der Waals surface area contributed by atoms with Crippen molar-refractivity contribution in [2.45, 2.75) is 19.9 Å². The molecular formula is C14H19FN2O. The van der Waals surface area contributed by atoms with Gasteiger partial charge in [0.05, 0.1) is 6.04 Å². The summed E-state index contributed by atoms with van der Waals surface area (Å²) in [5.41, 5.74) is 0.532. The highest BCUT2D eigenvalue weighted by molar-refractivity contribution is 5.79. The Bertz CT molecular complexity index is 432. The minimum atomic E-state index is -0.297. The number of hydrogen-bond acceptors (Lipinski definition) is 2. The van der Waals surface area contributed by atoms with Crippen molar-refractivity contribution in [1.29, 1.82) is 0 Å². The molecule has 2 N–H and O–H groups in total. The van der Waals surface area contributed by atoms with Crippen molar-refractivity contribution in [3.05, 3.63) is 35.6 Å². The number of carbonyl (C=O) groups excluding carboxylic acids is 1. The van der Waals surface area contributed by atoms with E-state index in [1.54, 1.807) is 18.2 Å². The Morgan fingerprint density at radius 3 is 2.61 bits per heavy atom. The molecule has 1 amide bonds. The lowest BCUT2D eigenvalue weighted by molar-refractivity contribution is -0.127. The predicted molar refractivity (Wildman–Crippen MR) is 68.5 cm³/mol. The molecule has 1 aliphatic heterocycles. The van der Waals surface area contributed by atoms with E-state index >= 15 is 0 Å². The molecule has 18 heavy (non-hydrogen) atoms. The molecule has 0 aromatic heterocycles. The summed E-state index contributed by atoms with van der Waals surface area (Å²) in [5, 5.41) is 6.03. The zero-order chi connectivity index (χ0) is 13.1. The largest absolute Gasteiger partial charge is 0.349 e. The van der Waals surface area contributed by atoms with E-state index in [4.69, 9.17) is 0 Å². The van der Waals surface area contributed by atoms with Crippen LogP contribution in [0.15, 0.2) is 24.3 Å². The molecule has 0 radical (unpaired) electrons. The fourth-order valence-electron chi connectivity index (χ4n) is 2.13. The summed E-state index contributed by atoms with van der Waals surface area (Å²) in [7, 11) is 0. The van der Waals surface area contributed by atoms with Crippen molar-refractivity contribution >= 4 is 5.91 Å². The lowest BCUT2D eigenvalue weighted by Gasteiger charge is -2.32. The second-order valence-electron chi connectivity index (χ2n) is 4.96. The van der Waals surface area contributed by atoms with Gasteiger partial charge < -0.3 is 10.6 Å². The Kier molecular flexibility index (Phi) is 3.97. The first-order valence-electron chi connectivity index (χ1n) is 6.35. The van der Waals surface area contributed by atoms with E-state index in [1.165, 1.54) is 6.07 Å². The van der Waals surface area contributed by atoms with Gasteiger partial charge in [-0.1, -0.05) is 25.1 Å². The Hall–Kier alpha value is -1.42. The van der Waals surface area contributed by atoms with Crippen LogP contribution in [0.3, 0.4) is 0 Å². The van der Waals surface area contributed by atoms with Gasteiger partial charge >= 0.3 is 0 Å². The Morgan fingerprint density at radius 2 is 2.06 bits per heavy atom. The van der Waals surface area contributed by atoms with Gasteiger partial charge in [-0.15, -0.1) is 0 Å². The molecule has 98 valence electrons. The quantitative estimate of drug-likeness (QED) is 0.856. The maximum Gasteiger partial charge on any atom is 0.223 e. The van der Waals surface area contributed by atoms with Gasteiger partial charge in [0.1, 0.15) is 5.82 Å². The molecule has 2 rings (SSSR count). The van der Waals surface area contributed by atoms with Crippen LogP contribution in [0.2, 0.25) is 0 Å². The molecule has 1 unspecified atom stereocenters. The summed E-state index contributed by atoms with van der Waals surface area (Å²) in [5.74, 6) is 0.0961. The second-order valence-corrected chi connectivity index (χ2v) is 4.96. The number of amides is 1. The van der Waals surface area contributed by atoms with Crippen LogP contribution < -0.4 is 10.6 Å². The highest BCUT2D eigenvalue weighted by atomic mass is 19.1. The van der Waals surface area contributed by atoms with Gasteiger partial charge in [-0.25, -0.2) is 4.39 Å². The topological polar surface area (TPSA) is 41.1 Å². The predicted octanol–water partition coefficient (Wildman–Crippen LogP) is 1.86. The van der Waals surface area contributed by atoms with E-state index in [0.717, 1.165) is 13.1 Å². The molecule has 2 atom stereocenters. The van der Waals surface area contributed by atoms with E-state index in [2.05, 4.69) is 10.6 Å². The number of rotatable bonds is 4. The molecular weight excluding hydrogens is 231 g/mol. The normalized spacial score (nSPS) is 18.8. The first-order valence-corrected chi connectivity index (χ1v) is 6.35. The number of benzene rings is 1. The first-order chi connectivity index (χ1) is 8.59. The minimum absolute atomic E-state index is 0.00254. The lowest BCUT2D eigenvalue weighted by Crippen LogP contribution is -2.49. The highest BCUT2D eigenvalue weighted by Crippen LogP contribution is 2.20. The summed E-state index contributed by atoms with van der Waals surface area (Å²) in [6.45, 7) is 5.52. The summed E-state index contributed by atoms with van der Waals surface area (Å²) < 4.78 is 13.6. The van der Waals surface area contributed by atoms with Gasteiger partial charge in [0, 0.05) is 11.5 Å². The maximum absolute atomic E-state index is 13.6. The first kappa shape index (κ1) is 13.0. The zero-order valence-corrected chi connectivity index (χ0v) is 10.7. The molecule has 1 fully saturated rings. The summed E-state index contributed by atoms with van der Waals surface area (Å²) >= 11 is 0. The molecule has 1 aromatic rings. The van der Waals surface area contributed by atoms with Crippen LogP contribution in [0.1, 0.15) is 25.5 Å². The van der Waals surface area contributed by atoms with Gasteiger partial charge in [-0.3, -0.25) is 4.79 Å². The highest BCUT2D eigenvalue weighted by Gasteiger charge is 2.29. The Balaban J connectivity index is 1.96. The monoisotopic (exact) mass is 250 g/mol. The summed E-state index contributed by atoms with van der Waals surface area (Å²) in [6, 6.07) is 6.25. The van der Waals surface area contributed by atoms with Crippen LogP contribution in [0.4, 0.5) is 4.39 Å². The van der Waals surface area contributed by atoms with Gasteiger partial charge in [-0.05, 0) is 32.0 Å². The van der Waals surface area contributed by atoms with Crippen molar-refractivity contribution in [3.63, 3.8) is 0 Å². The van der Waals surface area contributed by atoms with E-state index < -0.39 is 0 Å². The third-order valence-corrected chi connectivity index (χ3v) is 3.66. The van der Waals surface area contributed by atoms with Gasteiger partial charge in [0.2, 0.25) is 5.91 Å². The molecule has 0 saturated carbocycles. The number of carbonyl (C=O) groups is 1. The van der Waals surface area contributed by atoms with E-state index in [1.807, 2.05) is 13.8 Å². The molecule has 1 aromatic carbocycles. The van der Waals surface area contributed by atoms with E-state index in [9.17, 15) is 9.18 Å². The minimum Gasteiger partial charge on any atom is -0.349 e. The Morgan fingerprint density at radius 1 is 1.39 bits per heavy atom. The van der Waals surface area contributed by atoms with Crippen LogP contribution in [0, 0.1) is 17.7 Å². The molecule has 4 heteroatoms. The van der Waals surface area contributed by atoms with Crippen LogP contribution >= 0.6 is 0 Å². The molecule has 0 spiro atoms. The van der Waals surface area contributed by atoms with Gasteiger partial charge in [0.25, 0.3) is 0 Å². The average molecular weight is 250 g/mol. The van der Waals surface area contributed by atoms with E-state index in [-0.39, 0.29) is 23.7 Å². The lowest BCUT2D eigenvalue weighted by atomic mass is 9.88. The smallest absolute Gasteiger partial charge is 0.223 e. The molecule has 3 nitrogen and oxygen atoms in total. The molecule has 1 saturated heterocycles. The van der Waals surface area contributed by atoms with Crippen LogP contribution in [-0.4, -0.2) is 19.0 Å². The third kappa shape index (κ3) is 2.70. The van der Waals surface area contributed by atoms with Crippen LogP contribution in [0.5, 0.6) is 0 Å². The zero-order valence-electron chi connectivity index (χ0n) is 10.7. The fraction of sp³-hybridized carbons (Fsp3) is 0.500. The number of hydrogen-bond donors (Lipinski definition) is 2. The number of halogens is 1. The second kappa shape index (κ2) is 5.48. The van der Waals surface area contributed by atoms with Crippen LogP contribution in [-0.2, 0) is 4.79 Å². The van der Waals surface area contributed by atoms with Gasteiger partial charge in [0.15, 0.2) is 0 Å². The van der Waals surface area contributed by atoms with Crippen molar-refractivity contribution in [3.8, 4) is 0 Å². The average Bonchev–Trinajstić information content (AvgIpc) is 2.26. The summed E-state index contributed by atoms with van der Waals surface area (Å²) in [4.78, 5) is 12.0. The third-order valence-electron chi connectivity index (χ3n) is 3.66. The van der Waals surface area contributed by atoms with Crippen molar-refractivity contribution in [2.75, 3.05) is 13.1 Å². The van der Waals surface area contributed by atoms with E-state index in [0.29, 0.717) is 11.5 Å². The molecule has 0 aliphatic carbocycles. The van der Waals surface area contributed by atoms with Crippen molar-refractivity contribution < 1.29 is 9.18 Å². The molecule has 0 bridgehead atoms. The summed E-state index contributed by atoms with van der Waals surface area (Å²) in [6.07, 6.45) is 0. The Labute approximate surface area is 107 Å². The fourth-order valence-corrected chi connectivity index (χ4v) is 2.13. The number of nitrogens with one attached hydrogen (secondary N) is 2. The maximum atomic E-state index is 13.6. The van der Waals surface area contributed by atoms with Crippen LogP contribution in [0.25, 0.3) is 0 Å². The van der Waals surface area contributed by atoms with Crippen molar-refractivity contribution in [1.82, 2.24) is 10.6 Å². The van der Waals surface area contributed by atoms with Gasteiger partial charge in [-0.2, -0.15) is 0 Å². The molecule has 1 heterocycles.